The monoisotopic (exact) mass is 481 g/mol. The molecule has 8 heteroatoms. The summed E-state index contributed by atoms with van der Waals surface area (Å²) in [6.07, 6.45) is 1.41. The molecule has 0 spiro atoms. The molecule has 0 aliphatic carbocycles. The van der Waals surface area contributed by atoms with Crippen LogP contribution < -0.4 is 10.1 Å². The molecule has 3 aromatic carbocycles. The number of hydrogen-bond donors (Lipinski definition) is 1. The van der Waals surface area contributed by atoms with Crippen LogP contribution in [0, 0.1) is 22.7 Å². The van der Waals surface area contributed by atoms with Gasteiger partial charge in [0, 0.05) is 11.3 Å². The third-order valence-corrected chi connectivity index (χ3v) is 5.36. The van der Waals surface area contributed by atoms with E-state index in [1.807, 2.05) is 12.1 Å². The van der Waals surface area contributed by atoms with Crippen molar-refractivity contribution in [2.24, 2.45) is 0 Å². The average Bonchev–Trinajstić information content (AvgIpc) is 2.79. The van der Waals surface area contributed by atoms with Crippen molar-refractivity contribution in [3.05, 3.63) is 98.0 Å². The number of benzene rings is 3. The number of nitriles is 2. The number of hydrogen-bond acceptors (Lipinski definition) is 4. The lowest BCUT2D eigenvalue weighted by molar-refractivity contribution is -0.112. The number of rotatable bonds is 6. The first-order valence-electron chi connectivity index (χ1n) is 9.20. The topological polar surface area (TPSA) is 85.9 Å². The molecule has 0 aromatic heterocycles. The molecule has 0 radical (unpaired) electrons. The predicted molar refractivity (Wildman–Crippen MR) is 126 cm³/mol. The minimum atomic E-state index is -0.601. The summed E-state index contributed by atoms with van der Waals surface area (Å²) in [5.74, 6) is -0.189. The van der Waals surface area contributed by atoms with Gasteiger partial charge in [0.2, 0.25) is 0 Å². The first kappa shape index (κ1) is 23.2. The van der Waals surface area contributed by atoms with Gasteiger partial charge in [-0.1, -0.05) is 59.1 Å². The minimum Gasteiger partial charge on any atom is -0.487 e. The zero-order valence-corrected chi connectivity index (χ0v) is 18.7. The molecule has 0 fully saturated rings. The van der Waals surface area contributed by atoms with Crippen molar-refractivity contribution in [2.75, 3.05) is 5.32 Å². The van der Waals surface area contributed by atoms with Crippen LogP contribution in [0.25, 0.3) is 6.08 Å². The van der Waals surface area contributed by atoms with Gasteiger partial charge in [0.15, 0.2) is 0 Å². The van der Waals surface area contributed by atoms with Gasteiger partial charge in [0.05, 0.1) is 26.7 Å². The van der Waals surface area contributed by atoms with E-state index in [0.29, 0.717) is 32.6 Å². The predicted octanol–water partition coefficient (Wildman–Crippen LogP) is 6.64. The van der Waals surface area contributed by atoms with Crippen LogP contribution in [0.2, 0.25) is 15.1 Å². The Morgan fingerprint density at radius 1 is 0.969 bits per heavy atom. The Kier molecular flexibility index (Phi) is 7.76. The van der Waals surface area contributed by atoms with E-state index in [-0.39, 0.29) is 17.2 Å². The molecular formula is C24H14Cl3N3O2. The van der Waals surface area contributed by atoms with E-state index in [4.69, 9.17) is 44.8 Å². The van der Waals surface area contributed by atoms with E-state index < -0.39 is 5.91 Å². The highest BCUT2D eigenvalue weighted by molar-refractivity contribution is 6.42. The number of amides is 1. The van der Waals surface area contributed by atoms with Gasteiger partial charge in [0.1, 0.15) is 24.0 Å². The van der Waals surface area contributed by atoms with E-state index in [0.717, 1.165) is 5.56 Å². The molecule has 0 unspecified atom stereocenters. The number of carbonyl (C=O) groups is 1. The molecule has 1 N–H and O–H groups in total. The lowest BCUT2D eigenvalue weighted by Gasteiger charge is -2.10. The summed E-state index contributed by atoms with van der Waals surface area (Å²) in [5.41, 5.74) is 2.09. The van der Waals surface area contributed by atoms with Gasteiger partial charge in [0.25, 0.3) is 5.91 Å². The Hall–Kier alpha value is -3.48. The normalized spacial score (nSPS) is 10.7. The van der Waals surface area contributed by atoms with E-state index in [9.17, 15) is 10.1 Å². The zero-order valence-electron chi connectivity index (χ0n) is 16.4. The fourth-order valence-corrected chi connectivity index (χ4v) is 3.26. The second kappa shape index (κ2) is 10.7. The molecule has 5 nitrogen and oxygen atoms in total. The molecule has 1 amide bonds. The van der Waals surface area contributed by atoms with Crippen molar-refractivity contribution in [3.8, 4) is 17.9 Å². The van der Waals surface area contributed by atoms with Gasteiger partial charge in [-0.3, -0.25) is 4.79 Å². The number of carbonyl (C=O) groups excluding carboxylic acids is 1. The molecule has 0 atom stereocenters. The summed E-state index contributed by atoms with van der Waals surface area (Å²) in [6, 6.07) is 20.6. The maximum absolute atomic E-state index is 12.5. The molecule has 0 saturated carbocycles. The largest absolute Gasteiger partial charge is 0.487 e. The van der Waals surface area contributed by atoms with Gasteiger partial charge in [-0.25, -0.2) is 0 Å². The summed E-state index contributed by atoms with van der Waals surface area (Å²) < 4.78 is 5.73. The average molecular weight is 483 g/mol. The quantitative estimate of drug-likeness (QED) is 0.315. The molecule has 3 rings (SSSR count). The second-order valence-corrected chi connectivity index (χ2v) is 7.72. The summed E-state index contributed by atoms with van der Waals surface area (Å²) in [7, 11) is 0. The Morgan fingerprint density at radius 2 is 1.75 bits per heavy atom. The van der Waals surface area contributed by atoms with Crippen molar-refractivity contribution >= 4 is 52.5 Å². The lowest BCUT2D eigenvalue weighted by Crippen LogP contribution is -2.13. The highest BCUT2D eigenvalue weighted by Gasteiger charge is 2.12. The van der Waals surface area contributed by atoms with Crippen molar-refractivity contribution in [1.29, 1.82) is 10.5 Å². The molecule has 0 saturated heterocycles. The van der Waals surface area contributed by atoms with Gasteiger partial charge < -0.3 is 10.1 Å². The third kappa shape index (κ3) is 5.81. The summed E-state index contributed by atoms with van der Waals surface area (Å²) in [6.45, 7) is 0.175. The van der Waals surface area contributed by atoms with Crippen molar-refractivity contribution in [3.63, 3.8) is 0 Å². The Morgan fingerprint density at radius 3 is 2.44 bits per heavy atom. The van der Waals surface area contributed by atoms with E-state index >= 15 is 0 Å². The fraction of sp³-hybridized carbons (Fsp3) is 0.0417. The molecule has 32 heavy (non-hydrogen) atoms. The van der Waals surface area contributed by atoms with Crippen LogP contribution in [-0.4, -0.2) is 5.91 Å². The number of nitrogens with one attached hydrogen (secondary N) is 1. The van der Waals surface area contributed by atoms with Gasteiger partial charge in [-0.15, -0.1) is 0 Å². The molecule has 3 aromatic rings. The SMILES string of the molecule is N#C/C(=C\c1ccc(OCc2ccccc2C#N)c(Cl)c1)C(=O)Nc1ccc(Cl)c(Cl)c1. The van der Waals surface area contributed by atoms with E-state index in [1.54, 1.807) is 48.5 Å². The van der Waals surface area contributed by atoms with Crippen molar-refractivity contribution in [2.45, 2.75) is 6.61 Å². The maximum Gasteiger partial charge on any atom is 0.266 e. The zero-order chi connectivity index (χ0) is 23.1. The minimum absolute atomic E-state index is 0.122. The van der Waals surface area contributed by atoms with Gasteiger partial charge in [-0.2, -0.15) is 10.5 Å². The number of nitrogens with zero attached hydrogens (tertiary/aromatic N) is 2. The summed E-state index contributed by atoms with van der Waals surface area (Å²) >= 11 is 18.1. The highest BCUT2D eigenvalue weighted by Crippen LogP contribution is 2.28. The van der Waals surface area contributed by atoms with Crippen LogP contribution in [-0.2, 0) is 11.4 Å². The highest BCUT2D eigenvalue weighted by atomic mass is 35.5. The van der Waals surface area contributed by atoms with Gasteiger partial charge >= 0.3 is 0 Å². The lowest BCUT2D eigenvalue weighted by atomic mass is 10.1. The summed E-state index contributed by atoms with van der Waals surface area (Å²) in [4.78, 5) is 12.5. The van der Waals surface area contributed by atoms with Crippen molar-refractivity contribution in [1.82, 2.24) is 0 Å². The summed E-state index contributed by atoms with van der Waals surface area (Å²) in [5, 5.41) is 22.1. The smallest absolute Gasteiger partial charge is 0.266 e. The molecule has 0 aliphatic rings. The number of anilines is 1. The molecular weight excluding hydrogens is 469 g/mol. The van der Waals surface area contributed by atoms with E-state index in [1.165, 1.54) is 12.1 Å². The fourth-order valence-electron chi connectivity index (χ4n) is 2.72. The Labute approximate surface area is 200 Å². The van der Waals surface area contributed by atoms with Crippen LogP contribution in [0.1, 0.15) is 16.7 Å². The first-order valence-corrected chi connectivity index (χ1v) is 10.3. The van der Waals surface area contributed by atoms with Crippen molar-refractivity contribution < 1.29 is 9.53 Å². The first-order chi connectivity index (χ1) is 15.4. The molecule has 158 valence electrons. The third-order valence-electron chi connectivity index (χ3n) is 4.33. The standard InChI is InChI=1S/C24H14Cl3N3O2/c25-20-7-6-19(11-21(20)26)30-24(31)18(13-29)9-15-5-8-23(22(27)10-15)32-14-17-4-2-1-3-16(17)12-28/h1-11H,14H2,(H,30,31)/b18-9+. The molecule has 0 bridgehead atoms. The van der Waals surface area contributed by atoms with Crippen LogP contribution in [0.3, 0.4) is 0 Å². The molecule has 0 heterocycles. The van der Waals surface area contributed by atoms with E-state index in [2.05, 4.69) is 11.4 Å². The Balaban J connectivity index is 1.73. The second-order valence-electron chi connectivity index (χ2n) is 6.50. The van der Waals surface area contributed by atoms with Crippen LogP contribution in [0.5, 0.6) is 5.75 Å². The van der Waals surface area contributed by atoms with Crippen LogP contribution in [0.4, 0.5) is 5.69 Å². The van der Waals surface area contributed by atoms with Gasteiger partial charge in [-0.05, 0) is 48.0 Å². The molecule has 0 aliphatic heterocycles. The number of ether oxygens (including phenoxy) is 1. The maximum atomic E-state index is 12.5. The Bertz CT molecular complexity index is 1290. The van der Waals surface area contributed by atoms with Crippen LogP contribution >= 0.6 is 34.8 Å². The number of halogens is 3. The van der Waals surface area contributed by atoms with Crippen LogP contribution in [0.15, 0.2) is 66.2 Å².